The van der Waals surface area contributed by atoms with Crippen LogP contribution in [0.1, 0.15) is 30.0 Å². The number of hydrogen-bond donors (Lipinski definition) is 2. The lowest BCUT2D eigenvalue weighted by Gasteiger charge is -2.36. The minimum Gasteiger partial charge on any atom is -0.480 e. The summed E-state index contributed by atoms with van der Waals surface area (Å²) >= 11 is 0. The molecule has 180 valence electrons. The number of benzene rings is 1. The molecule has 1 saturated heterocycles. The Morgan fingerprint density at radius 3 is 2.71 bits per heavy atom. The summed E-state index contributed by atoms with van der Waals surface area (Å²) in [6, 6.07) is 12.0. The Morgan fingerprint density at radius 2 is 2.00 bits per heavy atom. The van der Waals surface area contributed by atoms with Gasteiger partial charge in [-0.05, 0) is 24.5 Å². The van der Waals surface area contributed by atoms with Crippen LogP contribution in [0.5, 0.6) is 0 Å². The number of aromatic nitrogens is 4. The number of fused-ring (bicyclic) bond motifs is 1. The van der Waals surface area contributed by atoms with Gasteiger partial charge in [-0.15, -0.1) is 0 Å². The van der Waals surface area contributed by atoms with Crippen LogP contribution in [-0.4, -0.2) is 53.8 Å². The predicted octanol–water partition coefficient (Wildman–Crippen LogP) is 3.29. The van der Waals surface area contributed by atoms with Crippen LogP contribution in [0.2, 0.25) is 0 Å². The van der Waals surface area contributed by atoms with Crippen molar-refractivity contribution >= 4 is 23.5 Å². The number of likely N-dealkylation sites (tertiary alicyclic amines) is 1. The van der Waals surface area contributed by atoms with Crippen LogP contribution in [0.3, 0.4) is 0 Å². The number of ether oxygens (including phenoxy) is 1. The third-order valence-electron chi connectivity index (χ3n) is 6.39. The molecule has 10 heteroatoms. The smallest absolute Gasteiger partial charge is 0.410 e. The fourth-order valence-electron chi connectivity index (χ4n) is 4.55. The van der Waals surface area contributed by atoms with Gasteiger partial charge in [0.05, 0.1) is 11.9 Å². The molecule has 3 N–H and O–H groups in total. The summed E-state index contributed by atoms with van der Waals surface area (Å²) in [5.41, 5.74) is 10.2. The SMILES string of the molecule is Cn1ccc(-c2cnn3c(N)cc(C4CCC(C(=O)O)N(C(=O)OCc5ccccc5)C4)nc23)c1. The van der Waals surface area contributed by atoms with Crippen LogP contribution in [-0.2, 0) is 23.2 Å². The highest BCUT2D eigenvalue weighted by molar-refractivity contribution is 5.81. The lowest BCUT2D eigenvalue weighted by Crippen LogP contribution is -2.50. The van der Waals surface area contributed by atoms with Crippen LogP contribution in [0.15, 0.2) is 61.1 Å². The van der Waals surface area contributed by atoms with Crippen LogP contribution in [0.25, 0.3) is 16.8 Å². The van der Waals surface area contributed by atoms with Crippen LogP contribution in [0.4, 0.5) is 10.6 Å². The van der Waals surface area contributed by atoms with Gasteiger partial charge in [-0.3, -0.25) is 4.90 Å². The normalized spacial score (nSPS) is 18.0. The van der Waals surface area contributed by atoms with Gasteiger partial charge in [0.2, 0.25) is 0 Å². The Morgan fingerprint density at radius 1 is 1.20 bits per heavy atom. The van der Waals surface area contributed by atoms with Crippen LogP contribution >= 0.6 is 0 Å². The number of carbonyl (C=O) groups is 2. The molecule has 2 unspecified atom stereocenters. The van der Waals surface area contributed by atoms with E-state index in [0.29, 0.717) is 23.6 Å². The van der Waals surface area contributed by atoms with Gasteiger partial charge in [-0.1, -0.05) is 30.3 Å². The molecule has 1 fully saturated rings. The zero-order valence-corrected chi connectivity index (χ0v) is 19.2. The molecule has 1 aromatic carbocycles. The predicted molar refractivity (Wildman–Crippen MR) is 129 cm³/mol. The van der Waals surface area contributed by atoms with Gasteiger partial charge in [0.15, 0.2) is 5.65 Å². The van der Waals surface area contributed by atoms with Crippen molar-refractivity contribution < 1.29 is 19.4 Å². The van der Waals surface area contributed by atoms with Crippen molar-refractivity contribution in [3.05, 3.63) is 72.3 Å². The maximum Gasteiger partial charge on any atom is 0.410 e. The second-order valence-corrected chi connectivity index (χ2v) is 8.79. The Hall–Kier alpha value is -4.34. The first-order valence-corrected chi connectivity index (χ1v) is 11.4. The molecule has 0 bridgehead atoms. The van der Waals surface area contributed by atoms with E-state index >= 15 is 0 Å². The number of amides is 1. The number of anilines is 1. The first-order valence-electron chi connectivity index (χ1n) is 11.4. The number of aryl methyl sites for hydroxylation is 1. The number of aliphatic carboxylic acids is 1. The second-order valence-electron chi connectivity index (χ2n) is 8.79. The van der Waals surface area contributed by atoms with Crippen molar-refractivity contribution in [3.8, 4) is 11.1 Å². The highest BCUT2D eigenvalue weighted by atomic mass is 16.6. The van der Waals surface area contributed by atoms with Gasteiger partial charge >= 0.3 is 12.1 Å². The summed E-state index contributed by atoms with van der Waals surface area (Å²) in [5, 5.41) is 14.1. The third kappa shape index (κ3) is 4.42. The monoisotopic (exact) mass is 474 g/mol. The van der Waals surface area contributed by atoms with Crippen molar-refractivity contribution in [1.82, 2.24) is 24.1 Å². The number of carbonyl (C=O) groups excluding carboxylic acids is 1. The number of rotatable bonds is 5. The fraction of sp³-hybridized carbons (Fsp3) is 0.280. The Kier molecular flexibility index (Phi) is 5.86. The van der Waals surface area contributed by atoms with Crippen molar-refractivity contribution in [3.63, 3.8) is 0 Å². The third-order valence-corrected chi connectivity index (χ3v) is 6.39. The Labute approximate surface area is 201 Å². The summed E-state index contributed by atoms with van der Waals surface area (Å²) in [5.74, 6) is -0.823. The molecule has 35 heavy (non-hydrogen) atoms. The van der Waals surface area contributed by atoms with E-state index in [0.717, 1.165) is 16.7 Å². The molecule has 3 aromatic heterocycles. The average Bonchev–Trinajstić information content (AvgIpc) is 3.49. The van der Waals surface area contributed by atoms with E-state index in [-0.39, 0.29) is 25.5 Å². The number of nitrogens with zero attached hydrogens (tertiary/aromatic N) is 5. The van der Waals surface area contributed by atoms with Gasteiger partial charge in [0.25, 0.3) is 0 Å². The second kappa shape index (κ2) is 9.13. The summed E-state index contributed by atoms with van der Waals surface area (Å²) in [6.45, 7) is 0.239. The van der Waals surface area contributed by atoms with Crippen molar-refractivity contribution in [2.75, 3.05) is 12.3 Å². The standard InChI is InChI=1S/C25H26N6O4/c1-29-10-9-17(13-29)19-12-27-31-22(26)11-20(28-23(19)31)18-7-8-21(24(32)33)30(14-18)25(34)35-15-16-5-3-2-4-6-16/h2-6,9-13,18,21H,7-8,14-15,26H2,1H3,(H,32,33). The molecule has 4 aromatic rings. The maximum atomic E-state index is 12.9. The molecule has 10 nitrogen and oxygen atoms in total. The summed E-state index contributed by atoms with van der Waals surface area (Å²) in [4.78, 5) is 30.9. The Bertz CT molecular complexity index is 1380. The van der Waals surface area contributed by atoms with Crippen molar-refractivity contribution in [1.29, 1.82) is 0 Å². The molecule has 0 aliphatic carbocycles. The van der Waals surface area contributed by atoms with E-state index in [4.69, 9.17) is 15.5 Å². The molecule has 0 radical (unpaired) electrons. The highest BCUT2D eigenvalue weighted by Gasteiger charge is 2.38. The molecule has 1 aliphatic heterocycles. The van der Waals surface area contributed by atoms with E-state index in [2.05, 4.69) is 5.10 Å². The first-order chi connectivity index (χ1) is 16.9. The lowest BCUT2D eigenvalue weighted by molar-refractivity contribution is -0.144. The molecule has 5 rings (SSSR count). The topological polar surface area (TPSA) is 128 Å². The molecule has 1 amide bonds. The van der Waals surface area contributed by atoms with Gasteiger partial charge in [0, 0.05) is 49.1 Å². The Balaban J connectivity index is 1.41. The summed E-state index contributed by atoms with van der Waals surface area (Å²) < 4.78 is 8.98. The molecule has 2 atom stereocenters. The number of carboxylic acids is 1. The van der Waals surface area contributed by atoms with Gasteiger partial charge in [0.1, 0.15) is 18.5 Å². The van der Waals surface area contributed by atoms with Crippen LogP contribution in [0, 0.1) is 0 Å². The fourth-order valence-corrected chi connectivity index (χ4v) is 4.55. The molecule has 4 heterocycles. The van der Waals surface area contributed by atoms with Crippen molar-refractivity contribution in [2.24, 2.45) is 7.05 Å². The van der Waals surface area contributed by atoms with Gasteiger partial charge in [-0.2, -0.15) is 9.61 Å². The number of piperidine rings is 1. The summed E-state index contributed by atoms with van der Waals surface area (Å²) in [6.07, 6.45) is 5.83. The van der Waals surface area contributed by atoms with E-state index < -0.39 is 18.1 Å². The molecular formula is C25H26N6O4. The number of nitrogens with two attached hydrogens (primary N) is 1. The van der Waals surface area contributed by atoms with Crippen LogP contribution < -0.4 is 5.73 Å². The summed E-state index contributed by atoms with van der Waals surface area (Å²) in [7, 11) is 1.94. The van der Waals surface area contributed by atoms with Gasteiger partial charge < -0.3 is 20.1 Å². The van der Waals surface area contributed by atoms with Crippen molar-refractivity contribution in [2.45, 2.75) is 31.4 Å². The lowest BCUT2D eigenvalue weighted by atomic mass is 9.90. The zero-order chi connectivity index (χ0) is 24.5. The maximum absolute atomic E-state index is 12.9. The zero-order valence-electron chi connectivity index (χ0n) is 19.2. The first kappa shape index (κ1) is 22.5. The molecular weight excluding hydrogens is 448 g/mol. The van der Waals surface area contributed by atoms with E-state index in [1.165, 1.54) is 4.90 Å². The van der Waals surface area contributed by atoms with E-state index in [1.54, 1.807) is 16.8 Å². The minimum absolute atomic E-state index is 0.0700. The minimum atomic E-state index is -1.05. The quantitative estimate of drug-likeness (QED) is 0.454. The van der Waals surface area contributed by atoms with Gasteiger partial charge in [-0.25, -0.2) is 14.6 Å². The molecule has 1 aliphatic rings. The molecule has 0 saturated carbocycles. The van der Waals surface area contributed by atoms with E-state index in [9.17, 15) is 14.7 Å². The largest absolute Gasteiger partial charge is 0.480 e. The highest BCUT2D eigenvalue weighted by Crippen LogP contribution is 2.33. The average molecular weight is 475 g/mol. The number of hydrogen-bond acceptors (Lipinski definition) is 6. The number of nitrogen functional groups attached to an aromatic ring is 1. The number of carboxylic acid groups (broad SMARTS) is 1. The molecule has 0 spiro atoms. The van der Waals surface area contributed by atoms with E-state index in [1.807, 2.05) is 60.4 Å².